The van der Waals surface area contributed by atoms with E-state index in [0.29, 0.717) is 0 Å². The van der Waals surface area contributed by atoms with Crippen LogP contribution < -0.4 is 34.0 Å². The van der Waals surface area contributed by atoms with Crippen LogP contribution >= 0.6 is 0 Å². The number of carbonyl (C=O) groups is 2. The Bertz CT molecular complexity index is 1530. The number of β-amino-alcohol motifs (C(OH)–C–C–N with tert-alkyl or cyclic N) is 1. The topological polar surface area (TPSA) is 354 Å². The molecule has 17 atom stereocenters. The third-order valence-corrected chi connectivity index (χ3v) is 16.7. The molecule has 5 rings (SSSR count). The van der Waals surface area contributed by atoms with Crippen molar-refractivity contribution >= 4 is 20.3 Å². The number of ether oxygens (including phenoxy) is 7. The second-order valence-corrected chi connectivity index (χ2v) is 24.0. The van der Waals surface area contributed by atoms with Crippen molar-refractivity contribution in [3.63, 3.8) is 0 Å². The zero-order valence-corrected chi connectivity index (χ0v) is 37.4. The molecular formula is C38H71N7O15Si. The third kappa shape index (κ3) is 11.1. The molecule has 0 aromatic heterocycles. The summed E-state index contributed by atoms with van der Waals surface area (Å²) in [6.07, 6.45) is -13.4. The van der Waals surface area contributed by atoms with E-state index in [2.05, 4.69) is 5.32 Å². The Morgan fingerprint density at radius 1 is 0.820 bits per heavy atom. The normalized spacial score (nSPS) is 40.7. The van der Waals surface area contributed by atoms with E-state index in [1.54, 1.807) is 32.9 Å². The Kier molecular flexibility index (Phi) is 15.8. The predicted molar refractivity (Wildman–Crippen MR) is 218 cm³/mol. The fraction of sp³-hybridized carbons (Fsp3) is 0.895. The van der Waals surface area contributed by atoms with E-state index >= 15 is 0 Å². The first-order valence-electron chi connectivity index (χ1n) is 20.9. The minimum Gasteiger partial charge on any atom is -0.444 e. The van der Waals surface area contributed by atoms with Crippen LogP contribution in [0.25, 0.3) is 0 Å². The van der Waals surface area contributed by atoms with Crippen LogP contribution in [0.5, 0.6) is 0 Å². The Hall–Kier alpha value is -1.98. The second kappa shape index (κ2) is 19.2. The molecule has 0 unspecified atom stereocenters. The number of hydrogen-bond donors (Lipinski definition) is 11. The van der Waals surface area contributed by atoms with Gasteiger partial charge in [0.1, 0.15) is 60.5 Å². The van der Waals surface area contributed by atoms with E-state index in [1.165, 1.54) is 4.90 Å². The van der Waals surface area contributed by atoms with Gasteiger partial charge in [0.05, 0.1) is 43.9 Å². The molecule has 0 radical (unpaired) electrons. The second-order valence-electron chi connectivity index (χ2n) is 19.3. The number of amides is 2. The lowest BCUT2D eigenvalue weighted by molar-refractivity contribution is -0.283. The average Bonchev–Trinajstić information content (AvgIpc) is 3.47. The van der Waals surface area contributed by atoms with Gasteiger partial charge in [-0.15, -0.1) is 0 Å². The van der Waals surface area contributed by atoms with E-state index in [4.69, 9.17) is 66.3 Å². The number of aliphatic hydroxyl groups excluding tert-OH is 4. The SMILES string of the molecule is CC(C)(C)OC(=O)N1CC(O)(C(=O)N[C@@H]2C[C@H](N)[C@@H](O[C@H]3O[C@H](CN)C=C[C@H]3N)[C@H](O[C@@H]3O[C@H](CO)[C@@H](O[C@H]4O[C@@H](CN)[C@@H](O)[C@H](O)[C@H]4N)[C@H]3O[Si](C)(C)C(C)(C)C)[C@H]2O)C1. The molecule has 1 saturated carbocycles. The maximum atomic E-state index is 13.6. The van der Waals surface area contributed by atoms with Crippen molar-refractivity contribution in [2.75, 3.05) is 32.8 Å². The summed E-state index contributed by atoms with van der Waals surface area (Å²) < 4.78 is 50.0. The van der Waals surface area contributed by atoms with E-state index < -0.39 is 142 Å². The lowest BCUT2D eigenvalue weighted by Gasteiger charge is -2.48. The highest BCUT2D eigenvalue weighted by Crippen LogP contribution is 2.42. The van der Waals surface area contributed by atoms with E-state index in [9.17, 15) is 35.1 Å². The maximum Gasteiger partial charge on any atom is 0.410 e. The molecule has 1 aliphatic carbocycles. The van der Waals surface area contributed by atoms with Gasteiger partial charge in [0, 0.05) is 19.1 Å². The minimum atomic E-state index is -2.77. The zero-order valence-electron chi connectivity index (χ0n) is 36.4. The van der Waals surface area contributed by atoms with Crippen molar-refractivity contribution < 1.29 is 72.7 Å². The molecule has 0 aromatic carbocycles. The number of nitrogens with one attached hydrogen (secondary N) is 1. The first kappa shape index (κ1) is 50.0. The van der Waals surface area contributed by atoms with Crippen molar-refractivity contribution in [1.29, 1.82) is 0 Å². The van der Waals surface area contributed by atoms with Crippen LogP contribution in [0.4, 0.5) is 4.79 Å². The summed E-state index contributed by atoms with van der Waals surface area (Å²) in [6.45, 7) is 13.7. The first-order chi connectivity index (χ1) is 28.2. The number of nitrogens with zero attached hydrogens (tertiary/aromatic N) is 1. The molecule has 4 fully saturated rings. The van der Waals surface area contributed by atoms with Gasteiger partial charge in [0.15, 0.2) is 32.8 Å². The molecule has 0 aromatic rings. The number of aliphatic hydroxyl groups is 5. The van der Waals surface area contributed by atoms with Gasteiger partial charge in [-0.1, -0.05) is 32.9 Å². The van der Waals surface area contributed by atoms with E-state index in [-0.39, 0.29) is 37.6 Å². The Labute approximate surface area is 357 Å². The molecule has 2 amide bonds. The number of hydrogen-bond acceptors (Lipinski definition) is 20. The molecule has 16 N–H and O–H groups in total. The molecule has 4 aliphatic heterocycles. The highest BCUT2D eigenvalue weighted by atomic mass is 28.4. The molecule has 22 nitrogen and oxygen atoms in total. The van der Waals surface area contributed by atoms with Crippen LogP contribution in [0.15, 0.2) is 12.2 Å². The first-order valence-corrected chi connectivity index (χ1v) is 23.8. The van der Waals surface area contributed by atoms with Crippen molar-refractivity contribution in [2.24, 2.45) is 28.7 Å². The summed E-state index contributed by atoms with van der Waals surface area (Å²) in [5.41, 5.74) is 28.4. The van der Waals surface area contributed by atoms with Gasteiger partial charge in [-0.25, -0.2) is 4.79 Å². The van der Waals surface area contributed by atoms with Gasteiger partial charge in [0.2, 0.25) is 0 Å². The molecule has 61 heavy (non-hydrogen) atoms. The summed E-state index contributed by atoms with van der Waals surface area (Å²) in [4.78, 5) is 27.4. The Morgan fingerprint density at radius 2 is 1.43 bits per heavy atom. The number of carbonyl (C=O) groups excluding carboxylic acids is 2. The lowest BCUT2D eigenvalue weighted by atomic mass is 9.83. The smallest absolute Gasteiger partial charge is 0.410 e. The minimum absolute atomic E-state index is 0.0742. The Morgan fingerprint density at radius 3 is 2.00 bits per heavy atom. The van der Waals surface area contributed by atoms with Crippen molar-refractivity contribution in [1.82, 2.24) is 10.2 Å². The van der Waals surface area contributed by atoms with Crippen LogP contribution in [0.1, 0.15) is 48.0 Å². The zero-order chi connectivity index (χ0) is 45.6. The quantitative estimate of drug-likeness (QED) is 0.0622. The molecule has 352 valence electrons. The van der Waals surface area contributed by atoms with E-state index in [1.807, 2.05) is 33.9 Å². The van der Waals surface area contributed by atoms with Gasteiger partial charge in [-0.05, 0) is 45.3 Å². The van der Waals surface area contributed by atoms with E-state index in [0.717, 1.165) is 0 Å². The third-order valence-electron chi connectivity index (χ3n) is 12.3. The standard InChI is InChI=1S/C38H71N7O15Si/c1-36(2,3)59-35(51)45-15-38(52,16-45)34(50)44-20-11-19(42)27(56-31-18(41)10-9-17(12-39)53-31)29(24(20)47)58-33-30(60-61(7,8)37(4,5)6)28(22(14-46)55-33)57-32-23(43)26(49)25(48)21(13-40)54-32/h9-10,17-33,46-49,52H,11-16,39-43H2,1-8H3,(H,44,50)/t17-,18+,19-,20+,21-,22+,23+,24-,25+,26+,27+,28+,29+,30+,31+,32+,33-/m0/s1. The fourth-order valence-corrected chi connectivity index (χ4v) is 8.88. The summed E-state index contributed by atoms with van der Waals surface area (Å²) in [6, 6.07) is -4.13. The lowest BCUT2D eigenvalue weighted by Crippen LogP contribution is -2.73. The van der Waals surface area contributed by atoms with Gasteiger partial charge >= 0.3 is 6.09 Å². The van der Waals surface area contributed by atoms with Crippen molar-refractivity contribution in [3.8, 4) is 0 Å². The molecular weight excluding hydrogens is 823 g/mol. The van der Waals surface area contributed by atoms with Crippen LogP contribution in [0, 0.1) is 0 Å². The molecule has 0 bridgehead atoms. The fourth-order valence-electron chi connectivity index (χ4n) is 7.60. The van der Waals surface area contributed by atoms with Gasteiger partial charge in [0.25, 0.3) is 5.91 Å². The number of nitrogens with two attached hydrogens (primary N) is 5. The van der Waals surface area contributed by atoms with Crippen LogP contribution in [-0.4, -0.2) is 199 Å². The number of likely N-dealkylation sites (tertiary alicyclic amines) is 1. The summed E-state index contributed by atoms with van der Waals surface area (Å²) >= 11 is 0. The van der Waals surface area contributed by atoms with Gasteiger partial charge < -0.3 is 102 Å². The largest absolute Gasteiger partial charge is 0.444 e. The maximum absolute atomic E-state index is 13.6. The molecule has 0 spiro atoms. The van der Waals surface area contributed by atoms with Crippen molar-refractivity contribution in [3.05, 3.63) is 12.2 Å². The van der Waals surface area contributed by atoms with Crippen molar-refractivity contribution in [2.45, 2.75) is 181 Å². The van der Waals surface area contributed by atoms with Crippen LogP contribution in [-0.2, 0) is 42.4 Å². The van der Waals surface area contributed by atoms with Gasteiger partial charge in [-0.2, -0.15) is 0 Å². The summed E-state index contributed by atoms with van der Waals surface area (Å²) in [7, 11) is -2.77. The predicted octanol–water partition coefficient (Wildman–Crippen LogP) is -3.89. The Balaban J connectivity index is 1.45. The summed E-state index contributed by atoms with van der Waals surface area (Å²) in [5, 5.41) is 57.7. The van der Waals surface area contributed by atoms with Gasteiger partial charge in [-0.3, -0.25) is 4.79 Å². The number of rotatable bonds is 13. The molecule has 5 aliphatic rings. The molecule has 23 heteroatoms. The average molecular weight is 894 g/mol. The van der Waals surface area contributed by atoms with Crippen LogP contribution in [0.3, 0.4) is 0 Å². The highest BCUT2D eigenvalue weighted by molar-refractivity contribution is 6.74. The summed E-state index contributed by atoms with van der Waals surface area (Å²) in [5.74, 6) is -0.868. The highest BCUT2D eigenvalue weighted by Gasteiger charge is 2.58. The molecule has 3 saturated heterocycles. The molecule has 4 heterocycles. The monoisotopic (exact) mass is 893 g/mol. The van der Waals surface area contributed by atoms with Crippen LogP contribution in [0.2, 0.25) is 18.1 Å².